The third-order valence-electron chi connectivity index (χ3n) is 7.33. The highest BCUT2D eigenvalue weighted by Gasteiger charge is 2.28. The molecule has 1 amide bonds. The predicted octanol–water partition coefficient (Wildman–Crippen LogP) is 4.86. The fourth-order valence-electron chi connectivity index (χ4n) is 5.37. The van der Waals surface area contributed by atoms with Gasteiger partial charge in [-0.05, 0) is 91.7 Å². The number of benzene rings is 1. The number of aromatic amines is 1. The van der Waals surface area contributed by atoms with Crippen molar-refractivity contribution in [2.45, 2.75) is 45.7 Å². The van der Waals surface area contributed by atoms with E-state index in [2.05, 4.69) is 45.4 Å². The van der Waals surface area contributed by atoms with Gasteiger partial charge in [-0.15, -0.1) is 0 Å². The molecule has 0 radical (unpaired) electrons. The Balaban J connectivity index is 1.39. The maximum absolute atomic E-state index is 13.2. The molecule has 0 spiro atoms. The Morgan fingerprint density at radius 2 is 2.00 bits per heavy atom. The van der Waals surface area contributed by atoms with Gasteiger partial charge in [0, 0.05) is 54.4 Å². The first-order valence-electron chi connectivity index (χ1n) is 12.1. The number of pyridine rings is 2. The van der Waals surface area contributed by atoms with Gasteiger partial charge in [-0.2, -0.15) is 0 Å². The van der Waals surface area contributed by atoms with E-state index in [9.17, 15) is 4.79 Å². The van der Waals surface area contributed by atoms with Crippen molar-refractivity contribution in [3.8, 4) is 11.1 Å². The number of carbonyl (C=O) groups is 1. The highest BCUT2D eigenvalue weighted by Crippen LogP contribution is 2.36. The molecule has 2 N–H and O–H groups in total. The van der Waals surface area contributed by atoms with Gasteiger partial charge in [0.15, 0.2) is 0 Å². The van der Waals surface area contributed by atoms with Gasteiger partial charge in [0.2, 0.25) is 0 Å². The summed E-state index contributed by atoms with van der Waals surface area (Å²) >= 11 is 0. The van der Waals surface area contributed by atoms with E-state index >= 15 is 0 Å². The van der Waals surface area contributed by atoms with Crippen molar-refractivity contribution >= 4 is 16.9 Å². The first kappa shape index (κ1) is 21.1. The molecule has 1 unspecified atom stereocenters. The van der Waals surface area contributed by atoms with Gasteiger partial charge in [0.1, 0.15) is 5.65 Å². The van der Waals surface area contributed by atoms with Crippen LogP contribution in [0, 0.1) is 13.8 Å². The van der Waals surface area contributed by atoms with Crippen LogP contribution in [0.3, 0.4) is 0 Å². The zero-order valence-electron chi connectivity index (χ0n) is 19.7. The molecule has 1 aromatic carbocycles. The number of hydrogen-bond donors (Lipinski definition) is 2. The SMILES string of the molecule is Cc1ccc(C(=O)N2CCc3cc(-c4cnc5[nH]cc(C)c5c4)cc(C4CCCN4)c3C2)cn1. The van der Waals surface area contributed by atoms with Gasteiger partial charge in [-0.25, -0.2) is 4.98 Å². The third kappa shape index (κ3) is 3.68. The highest BCUT2D eigenvalue weighted by molar-refractivity contribution is 5.94. The summed E-state index contributed by atoms with van der Waals surface area (Å²) in [7, 11) is 0. The molecule has 6 heteroatoms. The number of aromatic nitrogens is 3. The minimum absolute atomic E-state index is 0.0603. The number of rotatable bonds is 3. The molecule has 6 nitrogen and oxygen atoms in total. The highest BCUT2D eigenvalue weighted by atomic mass is 16.2. The number of hydrogen-bond acceptors (Lipinski definition) is 4. The maximum atomic E-state index is 13.2. The number of nitrogens with zero attached hydrogens (tertiary/aromatic N) is 3. The maximum Gasteiger partial charge on any atom is 0.255 e. The number of carbonyl (C=O) groups excluding carboxylic acids is 1. The second-order valence-corrected chi connectivity index (χ2v) is 9.61. The molecule has 1 saturated heterocycles. The molecule has 1 fully saturated rings. The molecular weight excluding hydrogens is 422 g/mol. The number of fused-ring (bicyclic) bond motifs is 2. The molecule has 6 rings (SSSR count). The van der Waals surface area contributed by atoms with Gasteiger partial charge < -0.3 is 15.2 Å². The lowest BCUT2D eigenvalue weighted by molar-refractivity contribution is 0.0733. The van der Waals surface area contributed by atoms with Crippen molar-refractivity contribution in [3.63, 3.8) is 0 Å². The van der Waals surface area contributed by atoms with Gasteiger partial charge in [0.05, 0.1) is 5.56 Å². The van der Waals surface area contributed by atoms with Crippen molar-refractivity contribution in [1.29, 1.82) is 0 Å². The van der Waals surface area contributed by atoms with Gasteiger partial charge in [-0.3, -0.25) is 9.78 Å². The van der Waals surface area contributed by atoms with E-state index in [1.54, 1.807) is 6.20 Å². The van der Waals surface area contributed by atoms with Crippen LogP contribution in [0.2, 0.25) is 0 Å². The Hall–Kier alpha value is -3.51. The molecule has 4 aromatic rings. The topological polar surface area (TPSA) is 73.9 Å². The van der Waals surface area contributed by atoms with Crippen LogP contribution in [-0.2, 0) is 13.0 Å². The van der Waals surface area contributed by atoms with E-state index in [0.717, 1.165) is 42.8 Å². The van der Waals surface area contributed by atoms with Gasteiger partial charge >= 0.3 is 0 Å². The number of nitrogens with one attached hydrogen (secondary N) is 2. The molecule has 3 aromatic heterocycles. The Bertz CT molecular complexity index is 1380. The lowest BCUT2D eigenvalue weighted by Gasteiger charge is -2.32. The summed E-state index contributed by atoms with van der Waals surface area (Å²) in [5.41, 5.74) is 10.0. The van der Waals surface area contributed by atoms with E-state index in [1.165, 1.54) is 39.6 Å². The minimum atomic E-state index is 0.0603. The molecular formula is C28H29N5O. The lowest BCUT2D eigenvalue weighted by atomic mass is 9.87. The lowest BCUT2D eigenvalue weighted by Crippen LogP contribution is -2.37. The zero-order chi connectivity index (χ0) is 23.2. The number of H-pyrrole nitrogens is 1. The van der Waals surface area contributed by atoms with Crippen LogP contribution in [-0.4, -0.2) is 38.8 Å². The van der Waals surface area contributed by atoms with Crippen LogP contribution < -0.4 is 5.32 Å². The Morgan fingerprint density at radius 3 is 2.79 bits per heavy atom. The summed E-state index contributed by atoms with van der Waals surface area (Å²) in [6.07, 6.45) is 8.83. The van der Waals surface area contributed by atoms with Crippen LogP contribution in [0.25, 0.3) is 22.2 Å². The summed E-state index contributed by atoms with van der Waals surface area (Å²) in [6.45, 7) is 6.45. The molecule has 172 valence electrons. The van der Waals surface area contributed by atoms with Crippen LogP contribution in [0.15, 0.2) is 48.9 Å². The zero-order valence-corrected chi connectivity index (χ0v) is 19.7. The summed E-state index contributed by atoms with van der Waals surface area (Å²) in [6, 6.07) is 11.0. The van der Waals surface area contributed by atoms with Crippen LogP contribution >= 0.6 is 0 Å². The van der Waals surface area contributed by atoms with Crippen molar-refractivity contribution in [2.24, 2.45) is 0 Å². The van der Waals surface area contributed by atoms with E-state index in [1.807, 2.05) is 36.4 Å². The van der Waals surface area contributed by atoms with E-state index in [0.29, 0.717) is 18.2 Å². The van der Waals surface area contributed by atoms with E-state index in [4.69, 9.17) is 0 Å². The minimum Gasteiger partial charge on any atom is -0.346 e. The van der Waals surface area contributed by atoms with Crippen molar-refractivity contribution in [1.82, 2.24) is 25.2 Å². The Morgan fingerprint density at radius 1 is 1.09 bits per heavy atom. The summed E-state index contributed by atoms with van der Waals surface area (Å²) < 4.78 is 0. The molecule has 2 aliphatic rings. The monoisotopic (exact) mass is 451 g/mol. The van der Waals surface area contributed by atoms with Crippen molar-refractivity contribution in [2.75, 3.05) is 13.1 Å². The molecule has 0 saturated carbocycles. The molecule has 5 heterocycles. The average molecular weight is 452 g/mol. The van der Waals surface area contributed by atoms with Gasteiger partial charge in [0.25, 0.3) is 5.91 Å². The smallest absolute Gasteiger partial charge is 0.255 e. The largest absolute Gasteiger partial charge is 0.346 e. The quantitative estimate of drug-likeness (QED) is 0.466. The average Bonchev–Trinajstić information content (AvgIpc) is 3.53. The Labute approximate surface area is 199 Å². The molecule has 1 atom stereocenters. The van der Waals surface area contributed by atoms with Crippen LogP contribution in [0.1, 0.15) is 57.2 Å². The predicted molar refractivity (Wildman–Crippen MR) is 134 cm³/mol. The standard InChI is InChI=1S/C28H29N5O/c1-17-13-31-27-23(17)12-22(15-32-27)21-10-19-7-9-33(28(34)20-6-5-18(2)30-14-20)16-25(19)24(11-21)26-4-3-8-29-26/h5-6,10-15,26,29H,3-4,7-9,16H2,1-2H3,(H,31,32). The fourth-order valence-corrected chi connectivity index (χ4v) is 5.37. The summed E-state index contributed by atoms with van der Waals surface area (Å²) in [5.74, 6) is 0.0603. The fraction of sp³-hybridized carbons (Fsp3) is 0.321. The first-order valence-corrected chi connectivity index (χ1v) is 12.1. The van der Waals surface area contributed by atoms with Crippen LogP contribution in [0.4, 0.5) is 0 Å². The van der Waals surface area contributed by atoms with E-state index < -0.39 is 0 Å². The Kier molecular flexibility index (Phi) is 5.18. The second kappa shape index (κ2) is 8.37. The van der Waals surface area contributed by atoms with E-state index in [-0.39, 0.29) is 5.91 Å². The molecule has 0 aliphatic carbocycles. The number of amides is 1. The van der Waals surface area contributed by atoms with Crippen LogP contribution in [0.5, 0.6) is 0 Å². The normalized spacial score (nSPS) is 17.8. The summed E-state index contributed by atoms with van der Waals surface area (Å²) in [4.78, 5) is 27.4. The number of aryl methyl sites for hydroxylation is 2. The second-order valence-electron chi connectivity index (χ2n) is 9.61. The first-order chi connectivity index (χ1) is 16.6. The summed E-state index contributed by atoms with van der Waals surface area (Å²) in [5, 5.41) is 4.85. The van der Waals surface area contributed by atoms with Crippen molar-refractivity contribution < 1.29 is 4.79 Å². The molecule has 2 aliphatic heterocycles. The molecule has 34 heavy (non-hydrogen) atoms. The molecule has 0 bridgehead atoms. The van der Waals surface area contributed by atoms with Crippen molar-refractivity contribution in [3.05, 3.63) is 82.4 Å². The third-order valence-corrected chi connectivity index (χ3v) is 7.33. The van der Waals surface area contributed by atoms with Gasteiger partial charge in [-0.1, -0.05) is 6.07 Å².